The molecule has 6 heteroatoms. The number of hydrogen-bond acceptors (Lipinski definition) is 3. The number of nitrogens with two attached hydrogens (primary N) is 1. The van der Waals surface area contributed by atoms with Gasteiger partial charge in [-0.1, -0.05) is 0 Å². The van der Waals surface area contributed by atoms with Crippen LogP contribution in [0.1, 0.15) is 5.56 Å². The van der Waals surface area contributed by atoms with E-state index in [1.165, 1.54) is 12.1 Å². The molecule has 0 aromatic heterocycles. The second-order valence-corrected chi connectivity index (χ2v) is 4.00. The molecule has 0 radical (unpaired) electrons. The van der Waals surface area contributed by atoms with E-state index in [-0.39, 0.29) is 11.3 Å². The highest BCUT2D eigenvalue weighted by atomic mass is 19.1. The number of carbonyl (C=O) groups excluding carboxylic acids is 1. The van der Waals surface area contributed by atoms with Crippen LogP contribution in [0.15, 0.2) is 42.5 Å². The van der Waals surface area contributed by atoms with Crippen LogP contribution in [0.5, 0.6) is 0 Å². The Morgan fingerprint density at radius 2 is 1.85 bits per heavy atom. The lowest BCUT2D eigenvalue weighted by atomic mass is 10.2. The van der Waals surface area contributed by atoms with Crippen LogP contribution >= 0.6 is 0 Å². The number of nitrogens with one attached hydrogen (secondary N) is 2. The van der Waals surface area contributed by atoms with Gasteiger partial charge in [0.2, 0.25) is 0 Å². The molecule has 0 fully saturated rings. The predicted molar refractivity (Wildman–Crippen MR) is 74.6 cm³/mol. The molecule has 2 aromatic carbocycles. The Morgan fingerprint density at radius 3 is 2.50 bits per heavy atom. The first-order valence-electron chi connectivity index (χ1n) is 5.71. The van der Waals surface area contributed by atoms with E-state index in [0.717, 1.165) is 6.07 Å². The maximum Gasteiger partial charge on any atom is 0.323 e. The molecule has 20 heavy (non-hydrogen) atoms. The summed E-state index contributed by atoms with van der Waals surface area (Å²) >= 11 is 0. The standard InChI is InChI=1S/C14H11FN4O/c15-10-1-6-13(9(7-10)8-16)19-14(20)18-12-4-2-11(17)3-5-12/h1-7H,17H2,(H2,18,19,20). The normalized spacial score (nSPS) is 9.60. The SMILES string of the molecule is N#Cc1cc(F)ccc1NC(=O)Nc1ccc(N)cc1. The van der Waals surface area contributed by atoms with Gasteiger partial charge < -0.3 is 16.4 Å². The summed E-state index contributed by atoms with van der Waals surface area (Å²) in [5, 5.41) is 13.9. The van der Waals surface area contributed by atoms with E-state index in [0.29, 0.717) is 11.4 Å². The molecule has 0 aliphatic carbocycles. The van der Waals surface area contributed by atoms with Crippen molar-refractivity contribution in [3.8, 4) is 6.07 Å². The van der Waals surface area contributed by atoms with E-state index in [1.807, 2.05) is 6.07 Å². The lowest BCUT2D eigenvalue weighted by Gasteiger charge is -2.09. The number of anilines is 3. The molecule has 0 bridgehead atoms. The highest BCUT2D eigenvalue weighted by Gasteiger charge is 2.08. The third-order valence-electron chi connectivity index (χ3n) is 2.52. The van der Waals surface area contributed by atoms with Crippen molar-refractivity contribution in [2.24, 2.45) is 0 Å². The zero-order valence-corrected chi connectivity index (χ0v) is 10.4. The topological polar surface area (TPSA) is 90.9 Å². The quantitative estimate of drug-likeness (QED) is 0.733. The van der Waals surface area contributed by atoms with Crippen LogP contribution < -0.4 is 16.4 Å². The summed E-state index contributed by atoms with van der Waals surface area (Å²) in [5.74, 6) is -0.536. The van der Waals surface area contributed by atoms with Gasteiger partial charge in [0, 0.05) is 11.4 Å². The first-order valence-corrected chi connectivity index (χ1v) is 5.71. The molecule has 2 aromatic rings. The van der Waals surface area contributed by atoms with E-state index < -0.39 is 11.8 Å². The van der Waals surface area contributed by atoms with Crippen LogP contribution in [0.25, 0.3) is 0 Å². The van der Waals surface area contributed by atoms with Gasteiger partial charge in [-0.2, -0.15) is 5.26 Å². The number of amides is 2. The minimum atomic E-state index is -0.536. The van der Waals surface area contributed by atoms with Gasteiger partial charge in [0.1, 0.15) is 11.9 Å². The minimum absolute atomic E-state index is 0.0532. The summed E-state index contributed by atoms with van der Waals surface area (Å²) in [6.45, 7) is 0. The van der Waals surface area contributed by atoms with Gasteiger partial charge in [0.15, 0.2) is 0 Å². The Hall–Kier alpha value is -3.07. The van der Waals surface area contributed by atoms with Crippen molar-refractivity contribution in [2.75, 3.05) is 16.4 Å². The fourth-order valence-corrected chi connectivity index (χ4v) is 1.57. The molecule has 0 saturated carbocycles. The van der Waals surface area contributed by atoms with Crippen LogP contribution in [0, 0.1) is 17.1 Å². The highest BCUT2D eigenvalue weighted by molar-refractivity contribution is 6.00. The second kappa shape index (κ2) is 5.71. The minimum Gasteiger partial charge on any atom is -0.399 e. The number of carbonyl (C=O) groups is 1. The first kappa shape index (κ1) is 13.4. The zero-order valence-electron chi connectivity index (χ0n) is 10.4. The molecule has 2 amide bonds. The van der Waals surface area contributed by atoms with Crippen LogP contribution in [-0.2, 0) is 0 Å². The summed E-state index contributed by atoms with van der Waals surface area (Å²) in [5.41, 5.74) is 6.96. The maximum absolute atomic E-state index is 13.0. The number of rotatable bonds is 2. The lowest BCUT2D eigenvalue weighted by Crippen LogP contribution is -2.20. The summed E-state index contributed by atoms with van der Waals surface area (Å²) in [4.78, 5) is 11.8. The van der Waals surface area contributed by atoms with Crippen molar-refractivity contribution in [3.63, 3.8) is 0 Å². The molecule has 5 nitrogen and oxygen atoms in total. The van der Waals surface area contributed by atoms with E-state index >= 15 is 0 Å². The van der Waals surface area contributed by atoms with Crippen LogP contribution in [0.4, 0.5) is 26.2 Å². The molecule has 0 aliphatic rings. The Kier molecular flexibility index (Phi) is 3.82. The zero-order chi connectivity index (χ0) is 14.5. The van der Waals surface area contributed by atoms with Gasteiger partial charge in [-0.05, 0) is 42.5 Å². The van der Waals surface area contributed by atoms with Crippen molar-refractivity contribution in [1.82, 2.24) is 0 Å². The maximum atomic E-state index is 13.0. The molecule has 0 spiro atoms. The number of hydrogen-bond donors (Lipinski definition) is 3. The average Bonchev–Trinajstić information content (AvgIpc) is 2.43. The largest absolute Gasteiger partial charge is 0.399 e. The number of nitrogen functional groups attached to an aromatic ring is 1. The van der Waals surface area contributed by atoms with E-state index in [1.54, 1.807) is 24.3 Å². The van der Waals surface area contributed by atoms with Crippen LogP contribution in [0.3, 0.4) is 0 Å². The molecule has 0 atom stereocenters. The number of benzene rings is 2. The number of nitrogens with zero attached hydrogens (tertiary/aromatic N) is 1. The van der Waals surface area contributed by atoms with Crippen LogP contribution in [0.2, 0.25) is 0 Å². The molecule has 0 unspecified atom stereocenters. The van der Waals surface area contributed by atoms with E-state index in [9.17, 15) is 9.18 Å². The van der Waals surface area contributed by atoms with Gasteiger partial charge in [-0.3, -0.25) is 0 Å². The summed E-state index contributed by atoms with van der Waals surface area (Å²) in [7, 11) is 0. The first-order chi connectivity index (χ1) is 9.58. The lowest BCUT2D eigenvalue weighted by molar-refractivity contribution is 0.262. The smallest absolute Gasteiger partial charge is 0.323 e. The van der Waals surface area contributed by atoms with Gasteiger partial charge in [0.25, 0.3) is 0 Å². The fourth-order valence-electron chi connectivity index (χ4n) is 1.57. The van der Waals surface area contributed by atoms with Crippen molar-refractivity contribution in [2.45, 2.75) is 0 Å². The summed E-state index contributed by atoms with van der Waals surface area (Å²) < 4.78 is 13.0. The Bertz CT molecular complexity index is 677. The Labute approximate surface area is 114 Å². The average molecular weight is 270 g/mol. The Morgan fingerprint density at radius 1 is 1.15 bits per heavy atom. The Balaban J connectivity index is 2.09. The second-order valence-electron chi connectivity index (χ2n) is 4.00. The van der Waals surface area contributed by atoms with Gasteiger partial charge in [-0.25, -0.2) is 9.18 Å². The molecule has 0 aliphatic heterocycles. The fraction of sp³-hybridized carbons (Fsp3) is 0. The van der Waals surface area contributed by atoms with Gasteiger partial charge in [-0.15, -0.1) is 0 Å². The van der Waals surface area contributed by atoms with Crippen LogP contribution in [-0.4, -0.2) is 6.03 Å². The van der Waals surface area contributed by atoms with Crippen molar-refractivity contribution in [3.05, 3.63) is 53.8 Å². The monoisotopic (exact) mass is 270 g/mol. The van der Waals surface area contributed by atoms with Crippen molar-refractivity contribution >= 4 is 23.1 Å². The van der Waals surface area contributed by atoms with Gasteiger partial charge >= 0.3 is 6.03 Å². The number of halogens is 1. The third-order valence-corrected chi connectivity index (χ3v) is 2.52. The van der Waals surface area contributed by atoms with Crippen molar-refractivity contribution in [1.29, 1.82) is 5.26 Å². The molecule has 2 rings (SSSR count). The van der Waals surface area contributed by atoms with E-state index in [2.05, 4.69) is 10.6 Å². The third kappa shape index (κ3) is 3.23. The predicted octanol–water partition coefficient (Wildman–Crippen LogP) is 2.92. The molecular weight excluding hydrogens is 259 g/mol. The molecule has 100 valence electrons. The summed E-state index contributed by atoms with van der Waals surface area (Å²) in [6, 6.07) is 11.4. The van der Waals surface area contributed by atoms with Crippen molar-refractivity contribution < 1.29 is 9.18 Å². The number of urea groups is 1. The van der Waals surface area contributed by atoms with Gasteiger partial charge in [0.05, 0.1) is 11.3 Å². The highest BCUT2D eigenvalue weighted by Crippen LogP contribution is 2.17. The molecule has 0 saturated heterocycles. The summed E-state index contributed by atoms with van der Waals surface area (Å²) in [6.07, 6.45) is 0. The molecular formula is C14H11FN4O. The molecule has 0 heterocycles. The van der Waals surface area contributed by atoms with E-state index in [4.69, 9.17) is 11.0 Å². The molecule has 4 N–H and O–H groups in total. The number of nitriles is 1.